The quantitative estimate of drug-likeness (QED) is 0.180. The van der Waals surface area contributed by atoms with Crippen molar-refractivity contribution in [1.29, 1.82) is 0 Å². The zero-order valence-corrected chi connectivity index (χ0v) is 22.8. The van der Waals surface area contributed by atoms with E-state index in [1.165, 1.54) is 4.57 Å². The normalized spacial score (nSPS) is 12.1. The minimum absolute atomic E-state index is 0.118. The molecule has 0 atom stereocenters. The molecule has 4 aromatic rings. The molecule has 0 saturated heterocycles. The molecule has 0 bridgehead atoms. The number of rotatable bonds is 7. The number of halogens is 2. The molecule has 0 aliphatic carbocycles. The molecule has 34 heavy (non-hydrogen) atoms. The van der Waals surface area contributed by atoms with E-state index in [1.54, 1.807) is 7.05 Å². The molecule has 180 valence electrons. The first-order valence-electron chi connectivity index (χ1n) is 11.1. The van der Waals surface area contributed by atoms with Crippen molar-refractivity contribution < 1.29 is 4.74 Å². The number of fused-ring (bicyclic) bond motifs is 2. The molecule has 4 rings (SSSR count). The zero-order valence-electron chi connectivity index (χ0n) is 20.3. The average Bonchev–Trinajstić information content (AvgIpc) is 3.12. The Bertz CT molecular complexity index is 1440. The number of aromatic nitrogens is 4. The van der Waals surface area contributed by atoms with E-state index in [1.807, 2.05) is 54.0 Å². The van der Waals surface area contributed by atoms with Gasteiger partial charge in [0.1, 0.15) is 12.5 Å². The first kappa shape index (κ1) is 24.7. The molecule has 0 radical (unpaired) electrons. The highest BCUT2D eigenvalue weighted by atomic mass is 35.5. The Morgan fingerprint density at radius 2 is 1.76 bits per heavy atom. The average molecular weight is 519 g/mol. The van der Waals surface area contributed by atoms with Gasteiger partial charge >= 0.3 is 0 Å². The van der Waals surface area contributed by atoms with Gasteiger partial charge < -0.3 is 14.2 Å². The Hall–Kier alpha value is -2.39. The standard InChI is InChI=1S/C24H29Cl2N5O2Si/c1-29(2)18-10-8-15-7-9-16(20(25)21(15)27-18)17-13-31(14-33-11-12-34(4,5)6)22-19(17)23(32)30(3)24(26)28-22/h7-10,13H,11-12,14H2,1-6H3. The van der Waals surface area contributed by atoms with Crippen LogP contribution in [0.5, 0.6) is 0 Å². The van der Waals surface area contributed by atoms with Crippen LogP contribution in [-0.4, -0.2) is 47.9 Å². The third kappa shape index (κ3) is 4.73. The van der Waals surface area contributed by atoms with Crippen molar-refractivity contribution in [2.75, 3.05) is 25.6 Å². The highest BCUT2D eigenvalue weighted by molar-refractivity contribution is 6.76. The first-order chi connectivity index (χ1) is 16.0. The SMILES string of the molecule is CN(C)c1ccc2ccc(-c3cn(COCC[Si](C)(C)C)c4nc(Cl)n(C)c(=O)c34)c(Cl)c2n1. The van der Waals surface area contributed by atoms with Gasteiger partial charge in [-0.3, -0.25) is 9.36 Å². The van der Waals surface area contributed by atoms with Crippen molar-refractivity contribution in [3.05, 3.63) is 51.1 Å². The first-order valence-corrected chi connectivity index (χ1v) is 15.5. The summed E-state index contributed by atoms with van der Waals surface area (Å²) < 4.78 is 9.12. The van der Waals surface area contributed by atoms with Gasteiger partial charge in [0.25, 0.3) is 5.56 Å². The number of hydrogen-bond acceptors (Lipinski definition) is 5. The second-order valence-electron chi connectivity index (χ2n) is 9.87. The Morgan fingerprint density at radius 3 is 2.44 bits per heavy atom. The minimum Gasteiger partial charge on any atom is -0.363 e. The topological polar surface area (TPSA) is 65.2 Å². The van der Waals surface area contributed by atoms with E-state index in [2.05, 4.69) is 24.6 Å². The lowest BCUT2D eigenvalue weighted by molar-refractivity contribution is 0.0899. The van der Waals surface area contributed by atoms with Crippen LogP contribution in [0.15, 0.2) is 35.3 Å². The predicted molar refractivity (Wildman–Crippen MR) is 144 cm³/mol. The largest absolute Gasteiger partial charge is 0.363 e. The lowest BCUT2D eigenvalue weighted by Crippen LogP contribution is -2.22. The molecular formula is C24H29Cl2N5O2Si. The van der Waals surface area contributed by atoms with E-state index in [0.717, 1.165) is 17.2 Å². The third-order valence-corrected chi connectivity index (χ3v) is 8.23. The Kier molecular flexibility index (Phi) is 6.79. The maximum absolute atomic E-state index is 13.3. The van der Waals surface area contributed by atoms with Crippen molar-refractivity contribution in [2.24, 2.45) is 7.05 Å². The van der Waals surface area contributed by atoms with Gasteiger partial charge in [0, 0.05) is 58.5 Å². The van der Waals surface area contributed by atoms with E-state index in [0.29, 0.717) is 39.3 Å². The molecule has 1 aromatic carbocycles. The van der Waals surface area contributed by atoms with Crippen LogP contribution in [0, 0.1) is 0 Å². The van der Waals surface area contributed by atoms with E-state index < -0.39 is 8.07 Å². The molecule has 0 fully saturated rings. The van der Waals surface area contributed by atoms with Crippen molar-refractivity contribution >= 4 is 59.0 Å². The van der Waals surface area contributed by atoms with Crippen LogP contribution in [0.3, 0.4) is 0 Å². The smallest absolute Gasteiger partial charge is 0.264 e. The van der Waals surface area contributed by atoms with Gasteiger partial charge in [-0.25, -0.2) is 9.97 Å². The summed E-state index contributed by atoms with van der Waals surface area (Å²) in [5, 5.41) is 1.97. The highest BCUT2D eigenvalue weighted by Gasteiger charge is 2.21. The summed E-state index contributed by atoms with van der Waals surface area (Å²) >= 11 is 13.2. The van der Waals surface area contributed by atoms with Crippen LogP contribution in [0.1, 0.15) is 0 Å². The molecule has 0 saturated carbocycles. The molecule has 0 N–H and O–H groups in total. The fourth-order valence-corrected chi connectivity index (χ4v) is 4.96. The number of benzene rings is 1. The van der Waals surface area contributed by atoms with Crippen molar-refractivity contribution in [3.8, 4) is 11.1 Å². The van der Waals surface area contributed by atoms with Crippen LogP contribution >= 0.6 is 23.2 Å². The Morgan fingerprint density at radius 1 is 1.06 bits per heavy atom. The second-order valence-corrected chi connectivity index (χ2v) is 16.2. The van der Waals surface area contributed by atoms with Crippen LogP contribution < -0.4 is 10.5 Å². The van der Waals surface area contributed by atoms with Gasteiger partial charge in [-0.15, -0.1) is 0 Å². The van der Waals surface area contributed by atoms with E-state index in [9.17, 15) is 4.79 Å². The number of ether oxygens (including phenoxy) is 1. The summed E-state index contributed by atoms with van der Waals surface area (Å²) in [7, 11) is 4.25. The maximum Gasteiger partial charge on any atom is 0.264 e. The molecule has 7 nitrogen and oxygen atoms in total. The van der Waals surface area contributed by atoms with Crippen molar-refractivity contribution in [2.45, 2.75) is 32.4 Å². The Labute approximate surface area is 209 Å². The third-order valence-electron chi connectivity index (χ3n) is 5.80. The van der Waals surface area contributed by atoms with Crippen LogP contribution in [0.2, 0.25) is 36.0 Å². The van der Waals surface area contributed by atoms with Gasteiger partial charge in [0.05, 0.1) is 15.9 Å². The van der Waals surface area contributed by atoms with Gasteiger partial charge in [-0.2, -0.15) is 0 Å². The molecule has 10 heteroatoms. The molecule has 3 heterocycles. The Balaban J connectivity index is 1.87. The molecular weight excluding hydrogens is 489 g/mol. The van der Waals surface area contributed by atoms with E-state index >= 15 is 0 Å². The van der Waals surface area contributed by atoms with Crippen LogP contribution in [-0.2, 0) is 18.5 Å². The van der Waals surface area contributed by atoms with Crippen LogP contribution in [0.25, 0.3) is 33.1 Å². The summed E-state index contributed by atoms with van der Waals surface area (Å²) in [6.07, 6.45) is 1.87. The summed E-state index contributed by atoms with van der Waals surface area (Å²) in [5.41, 5.74) is 2.30. The van der Waals surface area contributed by atoms with Gasteiger partial charge in [0.15, 0.2) is 5.65 Å². The summed E-state index contributed by atoms with van der Waals surface area (Å²) in [6.45, 7) is 7.84. The zero-order chi connectivity index (χ0) is 24.8. The molecule has 0 aliphatic rings. The lowest BCUT2D eigenvalue weighted by atomic mass is 10.0. The summed E-state index contributed by atoms with van der Waals surface area (Å²) in [6, 6.07) is 8.86. The van der Waals surface area contributed by atoms with Crippen LogP contribution in [0.4, 0.5) is 5.82 Å². The van der Waals surface area contributed by atoms with Gasteiger partial charge in [-0.1, -0.05) is 43.4 Å². The highest BCUT2D eigenvalue weighted by Crippen LogP contribution is 2.37. The molecule has 0 spiro atoms. The summed E-state index contributed by atoms with van der Waals surface area (Å²) in [4.78, 5) is 24.4. The fraction of sp³-hybridized carbons (Fsp3) is 0.375. The van der Waals surface area contributed by atoms with Crippen molar-refractivity contribution in [3.63, 3.8) is 0 Å². The second kappa shape index (κ2) is 9.34. The number of nitrogens with zero attached hydrogens (tertiary/aromatic N) is 5. The van der Waals surface area contributed by atoms with E-state index in [4.69, 9.17) is 32.9 Å². The van der Waals surface area contributed by atoms with Gasteiger partial charge in [-0.05, 0) is 29.8 Å². The molecule has 0 amide bonds. The predicted octanol–water partition coefficient (Wildman–Crippen LogP) is 5.64. The van der Waals surface area contributed by atoms with E-state index in [-0.39, 0.29) is 17.6 Å². The lowest BCUT2D eigenvalue weighted by Gasteiger charge is -2.15. The minimum atomic E-state index is -1.22. The van der Waals surface area contributed by atoms with Gasteiger partial charge in [0.2, 0.25) is 5.28 Å². The molecule has 3 aromatic heterocycles. The molecule has 0 unspecified atom stereocenters. The summed E-state index contributed by atoms with van der Waals surface area (Å²) in [5.74, 6) is 0.800. The maximum atomic E-state index is 13.3. The monoisotopic (exact) mass is 517 g/mol. The molecule has 0 aliphatic heterocycles. The number of pyridine rings is 1. The van der Waals surface area contributed by atoms with Crippen molar-refractivity contribution in [1.82, 2.24) is 19.1 Å². The number of hydrogen-bond donors (Lipinski definition) is 0. The fourth-order valence-electron chi connectivity index (χ4n) is 3.74. The number of anilines is 1.